The highest BCUT2D eigenvalue weighted by atomic mass is 79.9. The lowest BCUT2D eigenvalue weighted by molar-refractivity contribution is -0.129. The van der Waals surface area contributed by atoms with E-state index in [2.05, 4.69) is 41.8 Å². The van der Waals surface area contributed by atoms with Gasteiger partial charge in [0.05, 0.1) is 12.7 Å². The molecule has 116 valence electrons. The Morgan fingerprint density at radius 1 is 1.17 bits per heavy atom. The third-order valence-electron chi connectivity index (χ3n) is 3.06. The maximum Gasteiger partial charge on any atom is 0.363 e. The number of hydrogen-bond donors (Lipinski definition) is 0. The number of esters is 1. The number of ether oxygens (including phenoxy) is 2. The highest BCUT2D eigenvalue weighted by Crippen LogP contribution is 2.27. The van der Waals surface area contributed by atoms with Crippen LogP contribution in [0.1, 0.15) is 11.1 Å². The van der Waals surface area contributed by atoms with Crippen LogP contribution in [-0.2, 0) is 9.53 Å². The summed E-state index contributed by atoms with van der Waals surface area (Å²) in [6.45, 7) is 0. The van der Waals surface area contributed by atoms with E-state index in [0.717, 1.165) is 14.5 Å². The first-order valence-electron chi connectivity index (χ1n) is 6.54. The minimum Gasteiger partial charge on any atom is -0.496 e. The zero-order chi connectivity index (χ0) is 16.4. The van der Waals surface area contributed by atoms with Gasteiger partial charge >= 0.3 is 5.97 Å². The van der Waals surface area contributed by atoms with E-state index in [9.17, 15) is 4.79 Å². The Balaban J connectivity index is 2.00. The van der Waals surface area contributed by atoms with E-state index in [1.54, 1.807) is 37.7 Å². The summed E-state index contributed by atoms with van der Waals surface area (Å²) < 4.78 is 12.2. The fourth-order valence-corrected chi connectivity index (χ4v) is 2.77. The molecule has 1 aromatic heterocycles. The highest BCUT2D eigenvalue weighted by Gasteiger charge is 2.25. The SMILES string of the molecule is COc1ccc(Br)cc1/C=C1/N=C(c2cncc(Br)c2)OC1=O. The summed E-state index contributed by atoms with van der Waals surface area (Å²) in [6, 6.07) is 7.28. The van der Waals surface area contributed by atoms with E-state index in [0.29, 0.717) is 11.3 Å². The number of carbonyl (C=O) groups is 1. The van der Waals surface area contributed by atoms with Gasteiger partial charge in [-0.1, -0.05) is 15.9 Å². The number of aromatic nitrogens is 1. The third kappa shape index (κ3) is 3.51. The zero-order valence-corrected chi connectivity index (χ0v) is 15.1. The lowest BCUT2D eigenvalue weighted by Crippen LogP contribution is -2.05. The first-order chi connectivity index (χ1) is 11.1. The van der Waals surface area contributed by atoms with Crippen molar-refractivity contribution in [1.29, 1.82) is 0 Å². The highest BCUT2D eigenvalue weighted by molar-refractivity contribution is 9.10. The summed E-state index contributed by atoms with van der Waals surface area (Å²) in [5.74, 6) is 0.354. The fourth-order valence-electron chi connectivity index (χ4n) is 2.03. The molecule has 5 nitrogen and oxygen atoms in total. The zero-order valence-electron chi connectivity index (χ0n) is 11.9. The monoisotopic (exact) mass is 436 g/mol. The molecule has 0 fully saturated rings. The molecule has 0 unspecified atom stereocenters. The average Bonchev–Trinajstić information content (AvgIpc) is 2.89. The predicted molar refractivity (Wildman–Crippen MR) is 93.2 cm³/mol. The summed E-state index contributed by atoms with van der Waals surface area (Å²) in [6.07, 6.45) is 4.85. The Morgan fingerprint density at radius 2 is 2.00 bits per heavy atom. The number of carbonyl (C=O) groups excluding carboxylic acids is 1. The Labute approximate surface area is 149 Å². The van der Waals surface area contributed by atoms with Crippen molar-refractivity contribution in [2.45, 2.75) is 0 Å². The molecule has 1 aliphatic rings. The van der Waals surface area contributed by atoms with E-state index in [4.69, 9.17) is 9.47 Å². The van der Waals surface area contributed by atoms with Gasteiger partial charge in [-0.2, -0.15) is 0 Å². The second-order valence-corrected chi connectivity index (χ2v) is 6.45. The third-order valence-corrected chi connectivity index (χ3v) is 3.98. The van der Waals surface area contributed by atoms with Gasteiger partial charge in [-0.05, 0) is 46.3 Å². The number of aliphatic imine (C=N–C) groups is 1. The molecule has 1 aromatic carbocycles. The van der Waals surface area contributed by atoms with Crippen LogP contribution in [-0.4, -0.2) is 24.0 Å². The molecule has 0 saturated heterocycles. The van der Waals surface area contributed by atoms with Crippen molar-refractivity contribution in [1.82, 2.24) is 4.98 Å². The maximum atomic E-state index is 12.0. The smallest absolute Gasteiger partial charge is 0.363 e. The van der Waals surface area contributed by atoms with E-state index in [1.165, 1.54) is 0 Å². The van der Waals surface area contributed by atoms with Crippen LogP contribution in [0.15, 0.2) is 56.3 Å². The normalized spacial score (nSPS) is 15.5. The number of benzene rings is 1. The Kier molecular flexibility index (Phi) is 4.58. The van der Waals surface area contributed by atoms with Gasteiger partial charge < -0.3 is 9.47 Å². The second-order valence-electron chi connectivity index (χ2n) is 4.61. The molecular formula is C16H10Br2N2O3. The van der Waals surface area contributed by atoms with Crippen LogP contribution in [0.25, 0.3) is 6.08 Å². The minimum absolute atomic E-state index is 0.205. The lowest BCUT2D eigenvalue weighted by atomic mass is 10.1. The van der Waals surface area contributed by atoms with Gasteiger partial charge in [0.25, 0.3) is 0 Å². The van der Waals surface area contributed by atoms with Gasteiger partial charge in [0.1, 0.15) is 5.75 Å². The first kappa shape index (κ1) is 15.9. The quantitative estimate of drug-likeness (QED) is 0.538. The summed E-state index contributed by atoms with van der Waals surface area (Å²) in [4.78, 5) is 20.3. The van der Waals surface area contributed by atoms with Crippen LogP contribution in [0.2, 0.25) is 0 Å². The molecule has 0 amide bonds. The minimum atomic E-state index is -0.512. The van der Waals surface area contributed by atoms with E-state index >= 15 is 0 Å². The molecule has 0 bridgehead atoms. The summed E-state index contributed by atoms with van der Waals surface area (Å²) in [5.41, 5.74) is 1.56. The maximum absolute atomic E-state index is 12.0. The number of cyclic esters (lactones) is 1. The molecule has 0 atom stereocenters. The first-order valence-corrected chi connectivity index (χ1v) is 8.12. The second kappa shape index (κ2) is 6.64. The number of hydrogen-bond acceptors (Lipinski definition) is 5. The number of rotatable bonds is 3. The van der Waals surface area contributed by atoms with Crippen molar-refractivity contribution in [2.75, 3.05) is 7.11 Å². The molecule has 0 aliphatic carbocycles. The van der Waals surface area contributed by atoms with Crippen molar-refractivity contribution < 1.29 is 14.3 Å². The van der Waals surface area contributed by atoms with Crippen molar-refractivity contribution in [3.8, 4) is 5.75 Å². The molecule has 0 N–H and O–H groups in total. The molecule has 3 rings (SSSR count). The van der Waals surface area contributed by atoms with Crippen LogP contribution in [0.3, 0.4) is 0 Å². The molecule has 0 radical (unpaired) electrons. The van der Waals surface area contributed by atoms with Gasteiger partial charge in [0, 0.05) is 26.9 Å². The van der Waals surface area contributed by atoms with Crippen LogP contribution < -0.4 is 4.74 Å². The van der Waals surface area contributed by atoms with Crippen LogP contribution in [0.4, 0.5) is 0 Å². The van der Waals surface area contributed by atoms with Gasteiger partial charge in [0.2, 0.25) is 5.90 Å². The van der Waals surface area contributed by atoms with Crippen molar-refractivity contribution in [3.05, 3.63) is 62.4 Å². The van der Waals surface area contributed by atoms with Crippen molar-refractivity contribution >= 4 is 49.8 Å². The van der Waals surface area contributed by atoms with Crippen molar-refractivity contribution in [2.24, 2.45) is 4.99 Å². The van der Waals surface area contributed by atoms with Gasteiger partial charge in [-0.15, -0.1) is 0 Å². The van der Waals surface area contributed by atoms with Crippen molar-refractivity contribution in [3.63, 3.8) is 0 Å². The number of halogens is 2. The van der Waals surface area contributed by atoms with Gasteiger partial charge in [0.15, 0.2) is 5.70 Å². The van der Waals surface area contributed by atoms with Gasteiger partial charge in [-0.3, -0.25) is 4.98 Å². The number of pyridine rings is 1. The van der Waals surface area contributed by atoms with E-state index in [1.807, 2.05) is 12.1 Å². The molecule has 7 heteroatoms. The Morgan fingerprint density at radius 3 is 2.74 bits per heavy atom. The largest absolute Gasteiger partial charge is 0.496 e. The van der Waals surface area contributed by atoms with Crippen LogP contribution in [0, 0.1) is 0 Å². The lowest BCUT2D eigenvalue weighted by Gasteiger charge is -2.04. The molecule has 23 heavy (non-hydrogen) atoms. The summed E-state index contributed by atoms with van der Waals surface area (Å²) in [7, 11) is 1.57. The fraction of sp³-hybridized carbons (Fsp3) is 0.0625. The standard InChI is InChI=1S/C16H10Br2N2O3/c1-22-14-3-2-11(17)4-9(14)6-13-16(21)23-15(20-13)10-5-12(18)8-19-7-10/h2-8H,1H3/b13-6+. The molecule has 0 spiro atoms. The number of methoxy groups -OCH3 is 1. The van der Waals surface area contributed by atoms with Crippen LogP contribution in [0.5, 0.6) is 5.75 Å². The van der Waals surface area contributed by atoms with Crippen LogP contribution >= 0.6 is 31.9 Å². The molecule has 1 aliphatic heterocycles. The molecule has 2 aromatic rings. The van der Waals surface area contributed by atoms with E-state index < -0.39 is 5.97 Å². The molecule has 2 heterocycles. The molecular weight excluding hydrogens is 428 g/mol. The Bertz CT molecular complexity index is 847. The average molecular weight is 438 g/mol. The molecule has 0 saturated carbocycles. The topological polar surface area (TPSA) is 60.8 Å². The Hall–Kier alpha value is -1.99. The van der Waals surface area contributed by atoms with E-state index in [-0.39, 0.29) is 11.6 Å². The van der Waals surface area contributed by atoms with Gasteiger partial charge in [-0.25, -0.2) is 9.79 Å². The predicted octanol–water partition coefficient (Wildman–Crippen LogP) is 3.96. The summed E-state index contributed by atoms with van der Waals surface area (Å²) in [5, 5.41) is 0. The summed E-state index contributed by atoms with van der Waals surface area (Å²) >= 11 is 6.72. The number of nitrogens with zero attached hydrogens (tertiary/aromatic N) is 2.